The van der Waals surface area contributed by atoms with Gasteiger partial charge < -0.3 is 10.4 Å². The van der Waals surface area contributed by atoms with Crippen LogP contribution in [0.25, 0.3) is 0 Å². The van der Waals surface area contributed by atoms with Crippen molar-refractivity contribution in [2.24, 2.45) is 0 Å². The van der Waals surface area contributed by atoms with Crippen molar-refractivity contribution in [2.45, 2.75) is 30.1 Å². The molecule has 0 aliphatic carbocycles. The fourth-order valence-electron chi connectivity index (χ4n) is 1.86. The quantitative estimate of drug-likeness (QED) is 0.830. The fourth-order valence-corrected chi connectivity index (χ4v) is 3.17. The summed E-state index contributed by atoms with van der Waals surface area (Å²) in [6.07, 6.45) is 0.605. The Morgan fingerprint density at radius 1 is 1.32 bits per heavy atom. The van der Waals surface area contributed by atoms with E-state index >= 15 is 0 Å². The van der Waals surface area contributed by atoms with Crippen molar-refractivity contribution in [1.82, 2.24) is 9.97 Å². The van der Waals surface area contributed by atoms with Crippen LogP contribution in [0.15, 0.2) is 34.1 Å². The maximum absolute atomic E-state index is 11.2. The first-order chi connectivity index (χ1) is 10.6. The maximum atomic E-state index is 11.2. The molecule has 2 rings (SSSR count). The van der Waals surface area contributed by atoms with Crippen molar-refractivity contribution in [3.8, 4) is 0 Å². The molecule has 0 aliphatic heterocycles. The molecule has 0 aliphatic rings. The van der Waals surface area contributed by atoms with Crippen molar-refractivity contribution in [1.29, 1.82) is 0 Å². The van der Waals surface area contributed by atoms with E-state index in [1.165, 1.54) is 11.8 Å². The highest BCUT2D eigenvalue weighted by atomic mass is 35.5. The number of hydrogen-bond donors (Lipinski definition) is 2. The summed E-state index contributed by atoms with van der Waals surface area (Å²) >= 11 is 7.64. The van der Waals surface area contributed by atoms with Gasteiger partial charge in [-0.15, -0.1) is 0 Å². The molecule has 1 aromatic carbocycles. The standard InChI is InChI=1S/C15H16ClN3O2S/c1-3-10-12(22-11-8-6-5-7-9(11)16)13(17-4-2)19-14(18-10)15(20)21/h5-8H,3-4H2,1-2H3,(H,20,21)(H,17,18,19). The Hall–Kier alpha value is -1.79. The summed E-state index contributed by atoms with van der Waals surface area (Å²) in [6, 6.07) is 7.49. The lowest BCUT2D eigenvalue weighted by Crippen LogP contribution is -2.12. The van der Waals surface area contributed by atoms with E-state index in [1.54, 1.807) is 0 Å². The van der Waals surface area contributed by atoms with Gasteiger partial charge in [-0.25, -0.2) is 14.8 Å². The number of carbonyl (C=O) groups is 1. The predicted octanol–water partition coefficient (Wildman–Crippen LogP) is 3.97. The van der Waals surface area contributed by atoms with Crippen LogP contribution in [0, 0.1) is 0 Å². The van der Waals surface area contributed by atoms with E-state index < -0.39 is 5.97 Å². The number of hydrogen-bond acceptors (Lipinski definition) is 5. The van der Waals surface area contributed by atoms with E-state index in [4.69, 9.17) is 16.7 Å². The smallest absolute Gasteiger partial charge is 0.374 e. The summed E-state index contributed by atoms with van der Waals surface area (Å²) < 4.78 is 0. The first kappa shape index (κ1) is 16.6. The van der Waals surface area contributed by atoms with Crippen LogP contribution in [-0.2, 0) is 6.42 Å². The van der Waals surface area contributed by atoms with E-state index in [0.29, 0.717) is 29.5 Å². The number of carboxylic acids is 1. The van der Waals surface area contributed by atoms with Gasteiger partial charge in [-0.1, -0.05) is 42.4 Å². The molecule has 0 saturated carbocycles. The number of aryl methyl sites for hydroxylation is 1. The Bertz CT molecular complexity index is 694. The number of aromatic carboxylic acids is 1. The minimum absolute atomic E-state index is 0.198. The molecule has 0 amide bonds. The van der Waals surface area contributed by atoms with E-state index in [2.05, 4.69) is 15.3 Å². The minimum Gasteiger partial charge on any atom is -0.475 e. The average molecular weight is 338 g/mol. The lowest BCUT2D eigenvalue weighted by atomic mass is 10.3. The van der Waals surface area contributed by atoms with Gasteiger partial charge in [-0.05, 0) is 25.5 Å². The normalized spacial score (nSPS) is 10.5. The summed E-state index contributed by atoms with van der Waals surface area (Å²) in [5.41, 5.74) is 0.688. The van der Waals surface area contributed by atoms with Crippen LogP contribution in [-0.4, -0.2) is 27.6 Å². The van der Waals surface area contributed by atoms with Gasteiger partial charge in [0.05, 0.1) is 15.6 Å². The third kappa shape index (κ3) is 3.69. The van der Waals surface area contributed by atoms with E-state index in [-0.39, 0.29) is 5.82 Å². The molecule has 7 heteroatoms. The first-order valence-electron chi connectivity index (χ1n) is 6.87. The minimum atomic E-state index is -1.14. The molecule has 2 aromatic rings. The molecular formula is C15H16ClN3O2S. The zero-order valence-corrected chi connectivity index (χ0v) is 13.8. The van der Waals surface area contributed by atoms with Crippen LogP contribution >= 0.6 is 23.4 Å². The third-order valence-electron chi connectivity index (χ3n) is 2.85. The van der Waals surface area contributed by atoms with E-state index in [1.807, 2.05) is 38.1 Å². The van der Waals surface area contributed by atoms with Crippen molar-refractivity contribution in [3.05, 3.63) is 40.8 Å². The van der Waals surface area contributed by atoms with Crippen LogP contribution in [0.2, 0.25) is 5.02 Å². The summed E-state index contributed by atoms with van der Waals surface area (Å²) in [6.45, 7) is 4.49. The number of nitrogens with one attached hydrogen (secondary N) is 1. The second kappa shape index (κ2) is 7.47. The number of rotatable bonds is 6. The van der Waals surface area contributed by atoms with Gasteiger partial charge in [0.1, 0.15) is 5.82 Å². The zero-order chi connectivity index (χ0) is 16.1. The second-order valence-corrected chi connectivity index (χ2v) is 5.85. The van der Waals surface area contributed by atoms with E-state index in [9.17, 15) is 4.79 Å². The molecule has 5 nitrogen and oxygen atoms in total. The average Bonchev–Trinajstić information content (AvgIpc) is 2.50. The number of benzene rings is 1. The molecular weight excluding hydrogens is 322 g/mol. The highest BCUT2D eigenvalue weighted by Gasteiger charge is 2.18. The molecule has 0 bridgehead atoms. The number of aromatic nitrogens is 2. The number of anilines is 1. The van der Waals surface area contributed by atoms with Crippen molar-refractivity contribution in [3.63, 3.8) is 0 Å². The van der Waals surface area contributed by atoms with Crippen LogP contribution in [0.1, 0.15) is 30.2 Å². The highest BCUT2D eigenvalue weighted by Crippen LogP contribution is 2.38. The summed E-state index contributed by atoms with van der Waals surface area (Å²) in [5.74, 6) is -0.809. The zero-order valence-electron chi connectivity index (χ0n) is 12.3. The molecule has 2 N–H and O–H groups in total. The summed E-state index contributed by atoms with van der Waals surface area (Å²) in [7, 11) is 0. The molecule has 1 heterocycles. The Morgan fingerprint density at radius 2 is 2.05 bits per heavy atom. The monoisotopic (exact) mass is 337 g/mol. The van der Waals surface area contributed by atoms with Crippen LogP contribution in [0.4, 0.5) is 5.82 Å². The van der Waals surface area contributed by atoms with Gasteiger partial charge in [0.25, 0.3) is 0 Å². The number of nitrogens with zero attached hydrogens (tertiary/aromatic N) is 2. The molecule has 0 atom stereocenters. The van der Waals surface area contributed by atoms with Crippen LogP contribution in [0.5, 0.6) is 0 Å². The first-order valence-corrected chi connectivity index (χ1v) is 8.06. The Balaban J connectivity index is 2.52. The third-order valence-corrected chi connectivity index (χ3v) is 4.51. The summed E-state index contributed by atoms with van der Waals surface area (Å²) in [4.78, 5) is 21.1. The van der Waals surface area contributed by atoms with Gasteiger partial charge in [-0.2, -0.15) is 0 Å². The van der Waals surface area contributed by atoms with Gasteiger partial charge in [0, 0.05) is 11.4 Å². The van der Waals surface area contributed by atoms with Gasteiger partial charge in [-0.3, -0.25) is 0 Å². The fraction of sp³-hybridized carbons (Fsp3) is 0.267. The Labute approximate surface area is 138 Å². The lowest BCUT2D eigenvalue weighted by molar-refractivity contribution is 0.0683. The molecule has 0 spiro atoms. The molecule has 22 heavy (non-hydrogen) atoms. The topological polar surface area (TPSA) is 75.1 Å². The largest absolute Gasteiger partial charge is 0.475 e. The van der Waals surface area contributed by atoms with E-state index in [0.717, 1.165) is 9.79 Å². The van der Waals surface area contributed by atoms with Gasteiger partial charge in [0.15, 0.2) is 0 Å². The maximum Gasteiger partial charge on any atom is 0.374 e. The summed E-state index contributed by atoms with van der Waals surface area (Å²) in [5, 5.41) is 12.9. The molecule has 116 valence electrons. The SMILES string of the molecule is CCNc1nc(C(=O)O)nc(CC)c1Sc1ccccc1Cl. The van der Waals surface area contributed by atoms with Gasteiger partial charge >= 0.3 is 5.97 Å². The number of halogens is 1. The molecule has 1 aromatic heterocycles. The van der Waals surface area contributed by atoms with Crippen molar-refractivity contribution >= 4 is 35.1 Å². The predicted molar refractivity (Wildman–Crippen MR) is 88.1 cm³/mol. The molecule has 0 saturated heterocycles. The molecule has 0 unspecified atom stereocenters. The Kier molecular flexibility index (Phi) is 5.63. The molecule has 0 radical (unpaired) electrons. The van der Waals surface area contributed by atoms with Crippen LogP contribution in [0.3, 0.4) is 0 Å². The van der Waals surface area contributed by atoms with Crippen molar-refractivity contribution in [2.75, 3.05) is 11.9 Å². The van der Waals surface area contributed by atoms with Crippen molar-refractivity contribution < 1.29 is 9.90 Å². The number of carboxylic acid groups (broad SMARTS) is 1. The second-order valence-electron chi connectivity index (χ2n) is 4.39. The van der Waals surface area contributed by atoms with Crippen LogP contribution < -0.4 is 5.32 Å². The lowest BCUT2D eigenvalue weighted by Gasteiger charge is -2.14. The Morgan fingerprint density at radius 3 is 2.64 bits per heavy atom. The highest BCUT2D eigenvalue weighted by molar-refractivity contribution is 7.99. The molecule has 0 fully saturated rings. The van der Waals surface area contributed by atoms with Gasteiger partial charge in [0.2, 0.25) is 5.82 Å².